The Morgan fingerprint density at radius 1 is 1.13 bits per heavy atom. The summed E-state index contributed by atoms with van der Waals surface area (Å²) in [6, 6.07) is 9.12. The molecule has 2 amide bonds. The number of nitrogens with zero attached hydrogens (tertiary/aromatic N) is 1. The second-order valence-electron chi connectivity index (χ2n) is 6.76. The number of carboxylic acid groups (broad SMARTS) is 1. The van der Waals surface area contributed by atoms with E-state index in [2.05, 4.69) is 73.1 Å². The van der Waals surface area contributed by atoms with E-state index in [4.69, 9.17) is 0 Å². The molecule has 0 saturated heterocycles. The van der Waals surface area contributed by atoms with Gasteiger partial charge in [-0.1, -0.05) is 19.1 Å². The molecule has 0 heterocycles. The first-order chi connectivity index (χ1) is 14.1. The van der Waals surface area contributed by atoms with Gasteiger partial charge in [-0.2, -0.15) is 0 Å². The summed E-state index contributed by atoms with van der Waals surface area (Å²) in [5.74, 6) is -1.67. The van der Waals surface area contributed by atoms with Crippen LogP contribution in [0.3, 0.4) is 0 Å². The fourth-order valence-electron chi connectivity index (χ4n) is 2.91. The molecule has 0 aliphatic heterocycles. The van der Waals surface area contributed by atoms with E-state index in [0.717, 1.165) is 12.7 Å². The van der Waals surface area contributed by atoms with Gasteiger partial charge in [-0.3, -0.25) is 14.4 Å². The number of carboxylic acids is 1. The fraction of sp³-hybridized carbons (Fsp3) is 0.286. The Morgan fingerprint density at radius 3 is 2.37 bits per heavy atom. The van der Waals surface area contributed by atoms with Crippen LogP contribution in [0.5, 0.6) is 0 Å². The molecule has 0 bridgehead atoms. The van der Waals surface area contributed by atoms with Crippen molar-refractivity contribution in [2.24, 2.45) is 5.92 Å². The highest BCUT2D eigenvalue weighted by atomic mass is 127. The summed E-state index contributed by atoms with van der Waals surface area (Å²) in [7, 11) is 1.69. The van der Waals surface area contributed by atoms with Gasteiger partial charge in [-0.15, -0.1) is 0 Å². The lowest BCUT2D eigenvalue weighted by atomic mass is 9.97. The predicted molar refractivity (Wildman–Crippen MR) is 143 cm³/mol. The summed E-state index contributed by atoms with van der Waals surface area (Å²) >= 11 is 6.39. The smallest absolute Gasteiger partial charge is 0.306 e. The van der Waals surface area contributed by atoms with Crippen LogP contribution in [0, 0.1) is 16.6 Å². The van der Waals surface area contributed by atoms with E-state index in [1.807, 2.05) is 19.1 Å². The number of anilines is 2. The largest absolute Gasteiger partial charge is 0.481 e. The van der Waals surface area contributed by atoms with Crippen molar-refractivity contribution >= 4 is 96.9 Å². The maximum absolute atomic E-state index is 13.1. The summed E-state index contributed by atoms with van der Waals surface area (Å²) in [6.07, 6.45) is 0.944. The van der Waals surface area contributed by atoms with Crippen molar-refractivity contribution in [1.82, 2.24) is 0 Å². The third-order valence-corrected chi connectivity index (χ3v) is 7.41. The van der Waals surface area contributed by atoms with E-state index in [-0.39, 0.29) is 11.8 Å². The van der Waals surface area contributed by atoms with Crippen LogP contribution in [0.15, 0.2) is 30.3 Å². The molecule has 6 nitrogen and oxygen atoms in total. The second-order valence-corrected chi connectivity index (χ2v) is 10.2. The number of benzene rings is 2. The number of carbonyl (C=O) groups excluding carboxylic acids is 2. The van der Waals surface area contributed by atoms with Crippen molar-refractivity contribution < 1.29 is 19.5 Å². The first-order valence-electron chi connectivity index (χ1n) is 9.11. The predicted octanol–water partition coefficient (Wildman–Crippen LogP) is 5.39. The standard InChI is InChI=1S/C21H21I3N2O4/c1-4-13(21(29)30)8-12-6-5-7-14(9-12)25-20(28)17-15(22)10-16(23)19(18(17)24)26(3)11(2)27/h5-7,9-10,13H,4,8H2,1-3H3,(H,25,28)(H,29,30). The van der Waals surface area contributed by atoms with E-state index in [9.17, 15) is 19.5 Å². The molecular weight excluding hydrogens is 725 g/mol. The van der Waals surface area contributed by atoms with Gasteiger partial charge in [0, 0.05) is 26.8 Å². The molecule has 2 aromatic rings. The van der Waals surface area contributed by atoms with Crippen LogP contribution >= 0.6 is 67.8 Å². The summed E-state index contributed by atoms with van der Waals surface area (Å²) in [5, 5.41) is 12.2. The molecular formula is C21H21I3N2O4. The van der Waals surface area contributed by atoms with Crippen molar-refractivity contribution in [2.75, 3.05) is 17.3 Å². The molecule has 1 unspecified atom stereocenters. The highest BCUT2D eigenvalue weighted by Crippen LogP contribution is 2.34. The number of aliphatic carboxylic acids is 1. The van der Waals surface area contributed by atoms with Gasteiger partial charge in [0.25, 0.3) is 5.91 Å². The molecule has 30 heavy (non-hydrogen) atoms. The molecule has 0 aromatic heterocycles. The number of amides is 2. The van der Waals surface area contributed by atoms with Crippen molar-refractivity contribution in [1.29, 1.82) is 0 Å². The van der Waals surface area contributed by atoms with E-state index in [1.165, 1.54) is 11.8 Å². The third-order valence-electron chi connectivity index (χ3n) is 4.69. The van der Waals surface area contributed by atoms with Crippen LogP contribution in [0.4, 0.5) is 11.4 Å². The lowest BCUT2D eigenvalue weighted by Crippen LogP contribution is -2.26. The molecule has 0 saturated carbocycles. The number of halogens is 3. The maximum atomic E-state index is 13.1. The summed E-state index contributed by atoms with van der Waals surface area (Å²) in [5.41, 5.74) is 2.66. The maximum Gasteiger partial charge on any atom is 0.306 e. The average Bonchev–Trinajstić information content (AvgIpc) is 2.65. The molecule has 2 aromatic carbocycles. The summed E-state index contributed by atoms with van der Waals surface area (Å²) < 4.78 is 2.37. The van der Waals surface area contributed by atoms with Gasteiger partial charge in [-0.05, 0) is 104 Å². The molecule has 1 atom stereocenters. The zero-order valence-electron chi connectivity index (χ0n) is 16.6. The van der Waals surface area contributed by atoms with Crippen LogP contribution in [0.25, 0.3) is 0 Å². The molecule has 0 aliphatic carbocycles. The van der Waals surface area contributed by atoms with Gasteiger partial charge in [0.05, 0.1) is 20.7 Å². The Bertz CT molecular complexity index is 994. The lowest BCUT2D eigenvalue weighted by Gasteiger charge is -2.21. The topological polar surface area (TPSA) is 86.7 Å². The summed E-state index contributed by atoms with van der Waals surface area (Å²) in [4.78, 5) is 37.8. The van der Waals surface area contributed by atoms with Crippen molar-refractivity contribution in [2.45, 2.75) is 26.7 Å². The Kier molecular flexibility index (Phi) is 9.33. The molecule has 0 aliphatic rings. The molecule has 2 rings (SSSR count). The Morgan fingerprint density at radius 2 is 1.80 bits per heavy atom. The van der Waals surface area contributed by atoms with Crippen molar-refractivity contribution in [3.63, 3.8) is 0 Å². The number of rotatable bonds is 7. The second kappa shape index (κ2) is 11.1. The molecule has 0 spiro atoms. The summed E-state index contributed by atoms with van der Waals surface area (Å²) in [6.45, 7) is 3.33. The molecule has 2 N–H and O–H groups in total. The fourth-order valence-corrected chi connectivity index (χ4v) is 7.50. The zero-order valence-corrected chi connectivity index (χ0v) is 23.1. The van der Waals surface area contributed by atoms with Crippen molar-refractivity contribution in [3.8, 4) is 0 Å². The van der Waals surface area contributed by atoms with Crippen LogP contribution in [-0.2, 0) is 16.0 Å². The zero-order chi connectivity index (χ0) is 22.6. The van der Waals surface area contributed by atoms with Gasteiger partial charge < -0.3 is 15.3 Å². The van der Waals surface area contributed by atoms with E-state index >= 15 is 0 Å². The minimum absolute atomic E-state index is 0.116. The number of nitrogens with one attached hydrogen (secondary N) is 1. The number of carbonyl (C=O) groups is 3. The van der Waals surface area contributed by atoms with Gasteiger partial charge in [0.2, 0.25) is 5.91 Å². The van der Waals surface area contributed by atoms with Gasteiger partial charge >= 0.3 is 5.97 Å². The van der Waals surface area contributed by atoms with Gasteiger partial charge in [-0.25, -0.2) is 0 Å². The SMILES string of the molecule is CCC(Cc1cccc(NC(=O)c2c(I)cc(I)c(N(C)C(C)=O)c2I)c1)C(=O)O. The van der Waals surface area contributed by atoms with Crippen LogP contribution < -0.4 is 10.2 Å². The monoisotopic (exact) mass is 746 g/mol. The van der Waals surface area contributed by atoms with Crippen LogP contribution in [0.1, 0.15) is 36.2 Å². The highest BCUT2D eigenvalue weighted by molar-refractivity contribution is 14.1. The van der Waals surface area contributed by atoms with Crippen LogP contribution in [-0.4, -0.2) is 29.9 Å². The highest BCUT2D eigenvalue weighted by Gasteiger charge is 2.23. The molecule has 9 heteroatoms. The Balaban J connectivity index is 2.35. The van der Waals surface area contributed by atoms with E-state index in [0.29, 0.717) is 33.4 Å². The van der Waals surface area contributed by atoms with Crippen molar-refractivity contribution in [3.05, 3.63) is 52.2 Å². The average molecular weight is 746 g/mol. The van der Waals surface area contributed by atoms with Gasteiger partial charge in [0.1, 0.15) is 0 Å². The third kappa shape index (κ3) is 6.05. The Labute approximate surface area is 216 Å². The molecule has 0 fully saturated rings. The number of hydrogen-bond acceptors (Lipinski definition) is 3. The molecule has 0 radical (unpaired) electrons. The minimum Gasteiger partial charge on any atom is -0.481 e. The van der Waals surface area contributed by atoms with Crippen LogP contribution in [0.2, 0.25) is 0 Å². The minimum atomic E-state index is -0.822. The van der Waals surface area contributed by atoms with Gasteiger partial charge in [0.15, 0.2) is 0 Å². The Hall–Kier alpha value is -0.960. The normalized spacial score (nSPS) is 11.7. The van der Waals surface area contributed by atoms with E-state index < -0.39 is 11.9 Å². The number of hydrogen-bond donors (Lipinski definition) is 2. The lowest BCUT2D eigenvalue weighted by molar-refractivity contribution is -0.141. The molecule has 160 valence electrons. The first kappa shape index (κ1) is 25.3. The van der Waals surface area contributed by atoms with E-state index in [1.54, 1.807) is 25.2 Å². The quantitative estimate of drug-likeness (QED) is 0.373. The first-order valence-corrected chi connectivity index (χ1v) is 12.3.